The molecule has 124 valence electrons. The highest BCUT2D eigenvalue weighted by Gasteiger charge is 2.13. The molecule has 0 saturated heterocycles. The summed E-state index contributed by atoms with van der Waals surface area (Å²) in [7, 11) is 1.59. The topological polar surface area (TPSA) is 18.5 Å². The Morgan fingerprint density at radius 2 is 1.50 bits per heavy atom. The Hall–Kier alpha value is -2.46. The maximum Gasteiger partial charge on any atom is 0.173 e. The molecule has 0 fully saturated rings. The number of benzene rings is 3. The van der Waals surface area contributed by atoms with E-state index >= 15 is 0 Å². The highest BCUT2D eigenvalue weighted by molar-refractivity contribution is 6.08. The van der Waals surface area contributed by atoms with Gasteiger partial charge in [-0.1, -0.05) is 30.3 Å². The van der Waals surface area contributed by atoms with E-state index in [1.165, 1.54) is 6.26 Å². The standard InChI is InChI=1S/C20H18F2O2/c1-3-11-24-18-9-8-15-14-5-4-13(10-12-23-2)19(21)16(14)6-7-17(15)20(18)22/h3-9,11H,10,12H2,1-2H3/b11-3+. The largest absolute Gasteiger partial charge is 0.462 e. The van der Waals surface area contributed by atoms with Gasteiger partial charge in [0.25, 0.3) is 0 Å². The summed E-state index contributed by atoms with van der Waals surface area (Å²) in [6, 6.07) is 10.1. The number of fused-ring (bicyclic) bond motifs is 3. The number of hydrogen-bond donors (Lipinski definition) is 0. The molecule has 0 N–H and O–H groups in total. The van der Waals surface area contributed by atoms with Crippen molar-refractivity contribution in [1.82, 2.24) is 0 Å². The monoisotopic (exact) mass is 328 g/mol. The molecule has 0 aliphatic carbocycles. The van der Waals surface area contributed by atoms with Gasteiger partial charge in [0.15, 0.2) is 11.6 Å². The molecule has 0 heterocycles. The van der Waals surface area contributed by atoms with E-state index in [4.69, 9.17) is 9.47 Å². The predicted octanol–water partition coefficient (Wildman–Crippen LogP) is 5.37. The number of methoxy groups -OCH3 is 1. The molecular formula is C20H18F2O2. The second-order valence-electron chi connectivity index (χ2n) is 5.50. The van der Waals surface area contributed by atoms with E-state index in [0.717, 1.165) is 0 Å². The Morgan fingerprint density at radius 1 is 0.875 bits per heavy atom. The van der Waals surface area contributed by atoms with Crippen molar-refractivity contribution in [1.29, 1.82) is 0 Å². The van der Waals surface area contributed by atoms with Gasteiger partial charge in [-0.2, -0.15) is 0 Å². The van der Waals surface area contributed by atoms with Crippen LogP contribution in [0.1, 0.15) is 12.5 Å². The van der Waals surface area contributed by atoms with Crippen molar-refractivity contribution >= 4 is 21.5 Å². The molecule has 0 aromatic heterocycles. The van der Waals surface area contributed by atoms with E-state index in [1.54, 1.807) is 50.4 Å². The summed E-state index contributed by atoms with van der Waals surface area (Å²) in [4.78, 5) is 0. The number of halogens is 2. The van der Waals surface area contributed by atoms with Crippen molar-refractivity contribution in [3.05, 3.63) is 65.9 Å². The van der Waals surface area contributed by atoms with Crippen LogP contribution in [-0.2, 0) is 11.2 Å². The number of rotatable bonds is 5. The maximum absolute atomic E-state index is 14.7. The van der Waals surface area contributed by atoms with E-state index in [-0.39, 0.29) is 11.6 Å². The van der Waals surface area contributed by atoms with E-state index in [2.05, 4.69) is 0 Å². The van der Waals surface area contributed by atoms with E-state index < -0.39 is 5.82 Å². The minimum Gasteiger partial charge on any atom is -0.462 e. The first-order valence-corrected chi connectivity index (χ1v) is 7.76. The lowest BCUT2D eigenvalue weighted by Gasteiger charge is -2.11. The van der Waals surface area contributed by atoms with Crippen LogP contribution in [0.2, 0.25) is 0 Å². The quantitative estimate of drug-likeness (QED) is 0.463. The zero-order chi connectivity index (χ0) is 17.1. The van der Waals surface area contributed by atoms with Crippen LogP contribution in [0.5, 0.6) is 5.75 Å². The molecule has 0 bridgehead atoms. The summed E-state index contributed by atoms with van der Waals surface area (Å²) in [5.41, 5.74) is 0.595. The fourth-order valence-corrected chi connectivity index (χ4v) is 2.81. The molecule has 0 aliphatic rings. The lowest BCUT2D eigenvalue weighted by Crippen LogP contribution is -1.98. The normalized spacial score (nSPS) is 11.7. The van der Waals surface area contributed by atoms with E-state index in [1.807, 2.05) is 6.07 Å². The molecule has 4 heteroatoms. The van der Waals surface area contributed by atoms with Crippen LogP contribution in [-0.4, -0.2) is 13.7 Å². The molecule has 0 unspecified atom stereocenters. The summed E-state index contributed by atoms with van der Waals surface area (Å²) in [6.07, 6.45) is 3.61. The summed E-state index contributed by atoms with van der Waals surface area (Å²) < 4.78 is 39.5. The predicted molar refractivity (Wildman–Crippen MR) is 92.4 cm³/mol. The fourth-order valence-electron chi connectivity index (χ4n) is 2.81. The Kier molecular flexibility index (Phi) is 4.76. The lowest BCUT2D eigenvalue weighted by atomic mass is 9.98. The van der Waals surface area contributed by atoms with E-state index in [9.17, 15) is 8.78 Å². The summed E-state index contributed by atoms with van der Waals surface area (Å²) >= 11 is 0. The van der Waals surface area contributed by atoms with Crippen molar-refractivity contribution in [3.8, 4) is 5.75 Å². The van der Waals surface area contributed by atoms with Crippen LogP contribution >= 0.6 is 0 Å². The van der Waals surface area contributed by atoms with Crippen molar-refractivity contribution in [2.24, 2.45) is 0 Å². The van der Waals surface area contributed by atoms with Crippen molar-refractivity contribution in [2.75, 3.05) is 13.7 Å². The van der Waals surface area contributed by atoms with Crippen LogP contribution in [0.15, 0.2) is 48.7 Å². The highest BCUT2D eigenvalue weighted by Crippen LogP contribution is 2.33. The molecule has 0 saturated carbocycles. The second-order valence-corrected chi connectivity index (χ2v) is 5.50. The molecule has 3 rings (SSSR count). The average Bonchev–Trinajstić information content (AvgIpc) is 2.60. The summed E-state index contributed by atoms with van der Waals surface area (Å²) in [5.74, 6) is -0.574. The second kappa shape index (κ2) is 6.97. The van der Waals surface area contributed by atoms with E-state index in [0.29, 0.717) is 40.1 Å². The Labute approximate surface area is 139 Å². The van der Waals surface area contributed by atoms with Crippen LogP contribution in [0, 0.1) is 11.6 Å². The third-order valence-electron chi connectivity index (χ3n) is 4.02. The van der Waals surface area contributed by atoms with Crippen LogP contribution < -0.4 is 4.74 Å². The molecule has 0 amide bonds. The maximum atomic E-state index is 14.7. The van der Waals surface area contributed by atoms with Gasteiger partial charge in [-0.15, -0.1) is 0 Å². The first kappa shape index (κ1) is 16.4. The smallest absolute Gasteiger partial charge is 0.173 e. The third kappa shape index (κ3) is 2.85. The fraction of sp³-hybridized carbons (Fsp3) is 0.200. The summed E-state index contributed by atoms with van der Waals surface area (Å²) in [5, 5.41) is 2.24. The van der Waals surface area contributed by atoms with Crippen molar-refractivity contribution in [2.45, 2.75) is 13.3 Å². The lowest BCUT2D eigenvalue weighted by molar-refractivity contribution is 0.201. The SMILES string of the molecule is C/C=C/Oc1ccc2c(ccc3c(F)c(CCOC)ccc32)c1F. The van der Waals surface area contributed by atoms with Gasteiger partial charge in [0.1, 0.15) is 5.82 Å². The minimum atomic E-state index is -0.448. The molecule has 0 radical (unpaired) electrons. The van der Waals surface area contributed by atoms with Gasteiger partial charge in [0, 0.05) is 17.9 Å². The van der Waals surface area contributed by atoms with Crippen molar-refractivity contribution < 1.29 is 18.3 Å². The Balaban J connectivity index is 2.17. The van der Waals surface area contributed by atoms with Gasteiger partial charge in [-0.25, -0.2) is 8.78 Å². The van der Waals surface area contributed by atoms with Gasteiger partial charge >= 0.3 is 0 Å². The molecule has 0 spiro atoms. The van der Waals surface area contributed by atoms with Crippen LogP contribution in [0.3, 0.4) is 0 Å². The zero-order valence-corrected chi connectivity index (χ0v) is 13.6. The van der Waals surface area contributed by atoms with Gasteiger partial charge in [-0.3, -0.25) is 0 Å². The molecule has 3 aromatic rings. The van der Waals surface area contributed by atoms with Gasteiger partial charge < -0.3 is 9.47 Å². The van der Waals surface area contributed by atoms with Crippen molar-refractivity contribution in [3.63, 3.8) is 0 Å². The molecular weight excluding hydrogens is 310 g/mol. The van der Waals surface area contributed by atoms with Gasteiger partial charge in [0.2, 0.25) is 0 Å². The summed E-state index contributed by atoms with van der Waals surface area (Å²) in [6.45, 7) is 2.24. The van der Waals surface area contributed by atoms with Gasteiger partial charge in [-0.05, 0) is 41.8 Å². The molecule has 24 heavy (non-hydrogen) atoms. The molecule has 3 aromatic carbocycles. The first-order valence-electron chi connectivity index (χ1n) is 7.76. The Morgan fingerprint density at radius 3 is 2.17 bits per heavy atom. The number of allylic oxidation sites excluding steroid dienone is 1. The number of hydrogen-bond acceptors (Lipinski definition) is 2. The highest BCUT2D eigenvalue weighted by atomic mass is 19.1. The molecule has 0 aliphatic heterocycles. The van der Waals surface area contributed by atoms with Gasteiger partial charge in [0.05, 0.1) is 12.9 Å². The Bertz CT molecular complexity index is 917. The third-order valence-corrected chi connectivity index (χ3v) is 4.02. The van der Waals surface area contributed by atoms with Crippen LogP contribution in [0.25, 0.3) is 21.5 Å². The number of ether oxygens (including phenoxy) is 2. The minimum absolute atomic E-state index is 0.150. The zero-order valence-electron chi connectivity index (χ0n) is 13.6. The first-order chi connectivity index (χ1) is 11.7. The molecule has 2 nitrogen and oxygen atoms in total. The average molecular weight is 328 g/mol. The van der Waals surface area contributed by atoms with Crippen LogP contribution in [0.4, 0.5) is 8.78 Å². The molecule has 0 atom stereocenters.